The Kier molecular flexibility index (Phi) is 6.35. The average molecular weight is 280 g/mol. The van der Waals surface area contributed by atoms with E-state index in [-0.39, 0.29) is 0 Å². The van der Waals surface area contributed by atoms with Crippen LogP contribution in [0.3, 0.4) is 0 Å². The Labute approximate surface area is 126 Å². The molecule has 0 aromatic rings. The maximum absolute atomic E-state index is 3.82. The molecule has 2 heteroatoms. The predicted molar refractivity (Wildman–Crippen MR) is 88.1 cm³/mol. The van der Waals surface area contributed by atoms with Crippen LogP contribution in [-0.2, 0) is 0 Å². The van der Waals surface area contributed by atoms with Crippen molar-refractivity contribution in [2.75, 3.05) is 26.2 Å². The lowest BCUT2D eigenvalue weighted by atomic mass is 9.71. The van der Waals surface area contributed by atoms with Crippen LogP contribution in [0.25, 0.3) is 0 Å². The van der Waals surface area contributed by atoms with Crippen molar-refractivity contribution in [3.05, 3.63) is 0 Å². The second-order valence-electron chi connectivity index (χ2n) is 8.12. The summed E-state index contributed by atoms with van der Waals surface area (Å²) in [4.78, 5) is 2.67. The third-order valence-electron chi connectivity index (χ3n) is 5.51. The molecule has 2 aliphatic rings. The first-order chi connectivity index (χ1) is 9.55. The molecule has 1 aliphatic carbocycles. The van der Waals surface area contributed by atoms with Crippen molar-refractivity contribution in [1.82, 2.24) is 10.2 Å². The fourth-order valence-corrected chi connectivity index (χ4v) is 3.95. The summed E-state index contributed by atoms with van der Waals surface area (Å²) in [7, 11) is 0. The summed E-state index contributed by atoms with van der Waals surface area (Å²) in [6.07, 6.45) is 11.3. The number of hydrogen-bond acceptors (Lipinski definition) is 2. The van der Waals surface area contributed by atoms with Gasteiger partial charge in [0, 0.05) is 19.1 Å². The summed E-state index contributed by atoms with van der Waals surface area (Å²) in [5.41, 5.74) is 0.511. The second-order valence-corrected chi connectivity index (χ2v) is 8.12. The van der Waals surface area contributed by atoms with Crippen LogP contribution in [-0.4, -0.2) is 37.1 Å². The lowest BCUT2D eigenvalue weighted by molar-refractivity contribution is 0.158. The van der Waals surface area contributed by atoms with Gasteiger partial charge >= 0.3 is 0 Å². The van der Waals surface area contributed by atoms with Gasteiger partial charge < -0.3 is 10.2 Å². The molecule has 0 unspecified atom stereocenters. The monoisotopic (exact) mass is 280 g/mol. The van der Waals surface area contributed by atoms with E-state index < -0.39 is 0 Å². The van der Waals surface area contributed by atoms with E-state index in [4.69, 9.17) is 0 Å². The first-order valence-corrected chi connectivity index (χ1v) is 9.01. The number of nitrogens with zero attached hydrogens (tertiary/aromatic N) is 1. The standard InChI is InChI=1S/C18H36N2/c1-18(2,3)16-8-10-17(11-9-16)19-12-15-20-13-6-4-5-7-14-20/h16-17,19H,4-15H2,1-3H3. The van der Waals surface area contributed by atoms with E-state index in [0.717, 1.165) is 12.0 Å². The molecular formula is C18H36N2. The Morgan fingerprint density at radius 3 is 2.05 bits per heavy atom. The molecule has 0 spiro atoms. The Morgan fingerprint density at radius 1 is 0.900 bits per heavy atom. The molecular weight excluding hydrogens is 244 g/mol. The molecule has 0 radical (unpaired) electrons. The summed E-state index contributed by atoms with van der Waals surface area (Å²) < 4.78 is 0. The molecule has 0 aromatic heterocycles. The fraction of sp³-hybridized carbons (Fsp3) is 1.00. The normalized spacial score (nSPS) is 30.1. The Balaban J connectivity index is 1.59. The highest BCUT2D eigenvalue weighted by Gasteiger charge is 2.29. The van der Waals surface area contributed by atoms with Crippen LogP contribution >= 0.6 is 0 Å². The van der Waals surface area contributed by atoms with E-state index in [0.29, 0.717) is 5.41 Å². The summed E-state index contributed by atoms with van der Waals surface area (Å²) in [6.45, 7) is 12.3. The zero-order valence-corrected chi connectivity index (χ0v) is 14.1. The van der Waals surface area contributed by atoms with Gasteiger partial charge in [-0.25, -0.2) is 0 Å². The van der Waals surface area contributed by atoms with Gasteiger partial charge in [-0.1, -0.05) is 33.6 Å². The molecule has 2 fully saturated rings. The van der Waals surface area contributed by atoms with Gasteiger partial charge in [0.05, 0.1) is 0 Å². The van der Waals surface area contributed by atoms with Crippen LogP contribution < -0.4 is 5.32 Å². The van der Waals surface area contributed by atoms with Gasteiger partial charge in [-0.2, -0.15) is 0 Å². The smallest absolute Gasteiger partial charge is 0.0107 e. The van der Waals surface area contributed by atoms with Crippen molar-refractivity contribution in [1.29, 1.82) is 0 Å². The van der Waals surface area contributed by atoms with E-state index >= 15 is 0 Å². The van der Waals surface area contributed by atoms with Crippen LogP contribution in [0.15, 0.2) is 0 Å². The lowest BCUT2D eigenvalue weighted by Gasteiger charge is -2.37. The predicted octanol–water partition coefficient (Wildman–Crippen LogP) is 4.06. The highest BCUT2D eigenvalue weighted by molar-refractivity contribution is 4.83. The van der Waals surface area contributed by atoms with Crippen molar-refractivity contribution in [2.24, 2.45) is 11.3 Å². The molecule has 2 rings (SSSR count). The molecule has 0 aromatic carbocycles. The van der Waals surface area contributed by atoms with Crippen LogP contribution in [0.4, 0.5) is 0 Å². The number of nitrogens with one attached hydrogen (secondary N) is 1. The summed E-state index contributed by atoms with van der Waals surface area (Å²) in [6, 6.07) is 0.792. The molecule has 0 amide bonds. The van der Waals surface area contributed by atoms with Crippen molar-refractivity contribution in [3.8, 4) is 0 Å². The van der Waals surface area contributed by atoms with Gasteiger partial charge in [0.2, 0.25) is 0 Å². The zero-order valence-electron chi connectivity index (χ0n) is 14.1. The van der Waals surface area contributed by atoms with Gasteiger partial charge in [0.25, 0.3) is 0 Å². The van der Waals surface area contributed by atoms with Crippen LogP contribution in [0.1, 0.15) is 72.1 Å². The minimum absolute atomic E-state index is 0.511. The van der Waals surface area contributed by atoms with E-state index in [1.807, 2.05) is 0 Å². The highest BCUT2D eigenvalue weighted by Crippen LogP contribution is 2.37. The zero-order chi connectivity index (χ0) is 14.4. The van der Waals surface area contributed by atoms with Gasteiger partial charge in [-0.05, 0) is 62.9 Å². The molecule has 0 bridgehead atoms. The van der Waals surface area contributed by atoms with Gasteiger partial charge in [0.15, 0.2) is 0 Å². The largest absolute Gasteiger partial charge is 0.313 e. The van der Waals surface area contributed by atoms with Gasteiger partial charge in [0.1, 0.15) is 0 Å². The third-order valence-corrected chi connectivity index (χ3v) is 5.51. The van der Waals surface area contributed by atoms with Crippen molar-refractivity contribution < 1.29 is 0 Å². The fourth-order valence-electron chi connectivity index (χ4n) is 3.95. The quantitative estimate of drug-likeness (QED) is 0.835. The van der Waals surface area contributed by atoms with E-state index in [1.165, 1.54) is 77.5 Å². The van der Waals surface area contributed by atoms with E-state index in [1.54, 1.807) is 0 Å². The molecule has 1 N–H and O–H groups in total. The molecule has 1 saturated carbocycles. The molecule has 1 saturated heterocycles. The van der Waals surface area contributed by atoms with Crippen molar-refractivity contribution >= 4 is 0 Å². The Morgan fingerprint density at radius 2 is 1.50 bits per heavy atom. The number of hydrogen-bond donors (Lipinski definition) is 1. The molecule has 2 nitrogen and oxygen atoms in total. The highest BCUT2D eigenvalue weighted by atomic mass is 15.1. The average Bonchev–Trinajstić information content (AvgIpc) is 2.67. The summed E-state index contributed by atoms with van der Waals surface area (Å²) in [5, 5.41) is 3.82. The van der Waals surface area contributed by atoms with Crippen LogP contribution in [0.5, 0.6) is 0 Å². The van der Waals surface area contributed by atoms with Crippen LogP contribution in [0, 0.1) is 11.3 Å². The van der Waals surface area contributed by atoms with Crippen LogP contribution in [0.2, 0.25) is 0 Å². The molecule has 20 heavy (non-hydrogen) atoms. The van der Waals surface area contributed by atoms with Gasteiger partial charge in [-0.3, -0.25) is 0 Å². The summed E-state index contributed by atoms with van der Waals surface area (Å²) in [5.74, 6) is 0.936. The van der Waals surface area contributed by atoms with E-state index in [2.05, 4.69) is 31.0 Å². The number of likely N-dealkylation sites (tertiary alicyclic amines) is 1. The molecule has 1 heterocycles. The summed E-state index contributed by atoms with van der Waals surface area (Å²) >= 11 is 0. The maximum atomic E-state index is 3.82. The third kappa shape index (κ3) is 5.37. The Bertz CT molecular complexity index is 253. The SMILES string of the molecule is CC(C)(C)C1CCC(NCCN2CCCCCC2)CC1. The lowest BCUT2D eigenvalue weighted by Crippen LogP contribution is -2.40. The maximum Gasteiger partial charge on any atom is 0.0107 e. The van der Waals surface area contributed by atoms with Crippen molar-refractivity contribution in [2.45, 2.75) is 78.2 Å². The Hall–Kier alpha value is -0.0800. The van der Waals surface area contributed by atoms with Gasteiger partial charge in [-0.15, -0.1) is 0 Å². The molecule has 1 aliphatic heterocycles. The first-order valence-electron chi connectivity index (χ1n) is 9.01. The van der Waals surface area contributed by atoms with Crippen molar-refractivity contribution in [3.63, 3.8) is 0 Å². The second kappa shape index (κ2) is 7.79. The topological polar surface area (TPSA) is 15.3 Å². The molecule has 118 valence electrons. The number of rotatable bonds is 4. The van der Waals surface area contributed by atoms with E-state index in [9.17, 15) is 0 Å². The minimum Gasteiger partial charge on any atom is -0.313 e. The molecule has 0 atom stereocenters. The minimum atomic E-state index is 0.511. The first kappa shape index (κ1) is 16.3.